The highest BCUT2D eigenvalue weighted by atomic mass is 16.6. The molecule has 3 fully saturated rings. The lowest BCUT2D eigenvalue weighted by Crippen LogP contribution is -2.80. The lowest BCUT2D eigenvalue weighted by Gasteiger charge is -2.68. The molecule has 0 heterocycles. The summed E-state index contributed by atoms with van der Waals surface area (Å²) in [7, 11) is 0. The smallest absolute Gasteiger partial charge is 0.338 e. The molecule has 3 N–H and O–H groups in total. The first kappa shape index (κ1) is 33.5. The van der Waals surface area contributed by atoms with Gasteiger partial charge in [-0.25, -0.2) is 9.59 Å². The van der Waals surface area contributed by atoms with Crippen LogP contribution < -0.4 is 0 Å². The Kier molecular flexibility index (Phi) is 8.55. The molecule has 0 radical (unpaired) electrons. The SMILES string of the molecule is C=C[C@@]1(C)C[C@@H](OC(=O)c2ccccc2)[C@H]2[C@](O)(C1=O)[C@H](OC(C)=O)C[C@H]1C(C)(C)[C@H](O)[C@H](O)[C@H](OC(=O)c3ccccc3)[C@@]12C. The van der Waals surface area contributed by atoms with E-state index in [4.69, 9.17) is 14.2 Å². The van der Waals surface area contributed by atoms with Crippen molar-refractivity contribution in [2.75, 3.05) is 0 Å². The normalized spacial score (nSPS) is 38.0. The van der Waals surface area contributed by atoms with Gasteiger partial charge in [0.25, 0.3) is 0 Å². The van der Waals surface area contributed by atoms with Gasteiger partial charge in [0.15, 0.2) is 11.4 Å². The number of benzene rings is 2. The van der Waals surface area contributed by atoms with Crippen molar-refractivity contribution in [3.05, 3.63) is 84.4 Å². The minimum absolute atomic E-state index is 0.103. The quantitative estimate of drug-likeness (QED) is 0.243. The van der Waals surface area contributed by atoms with E-state index < -0.39 is 87.9 Å². The van der Waals surface area contributed by atoms with Gasteiger partial charge in [-0.15, -0.1) is 6.58 Å². The Hall–Kier alpha value is -3.86. The zero-order valence-electron chi connectivity index (χ0n) is 26.7. The van der Waals surface area contributed by atoms with Gasteiger partial charge in [0, 0.05) is 24.7 Å². The minimum Gasteiger partial charge on any atom is -0.459 e. The van der Waals surface area contributed by atoms with E-state index in [1.807, 2.05) is 0 Å². The Morgan fingerprint density at radius 3 is 1.89 bits per heavy atom. The predicted molar refractivity (Wildman–Crippen MR) is 165 cm³/mol. The molecule has 0 amide bonds. The van der Waals surface area contributed by atoms with Gasteiger partial charge in [0.05, 0.1) is 22.6 Å². The third kappa shape index (κ3) is 5.07. The van der Waals surface area contributed by atoms with Crippen LogP contribution in [-0.2, 0) is 23.8 Å². The van der Waals surface area contributed by atoms with Crippen molar-refractivity contribution in [3.8, 4) is 0 Å². The summed E-state index contributed by atoms with van der Waals surface area (Å²) in [6, 6.07) is 16.3. The Morgan fingerprint density at radius 2 is 1.39 bits per heavy atom. The lowest BCUT2D eigenvalue weighted by atomic mass is 9.39. The zero-order chi connectivity index (χ0) is 33.8. The molecule has 10 nitrogen and oxygen atoms in total. The van der Waals surface area contributed by atoms with E-state index in [1.54, 1.807) is 76.2 Å². The average molecular weight is 635 g/mol. The topological polar surface area (TPSA) is 157 Å². The summed E-state index contributed by atoms with van der Waals surface area (Å²) in [4.78, 5) is 54.2. The van der Waals surface area contributed by atoms with Gasteiger partial charge < -0.3 is 29.5 Å². The summed E-state index contributed by atoms with van der Waals surface area (Å²) in [5.41, 5.74) is -6.13. The fourth-order valence-corrected chi connectivity index (χ4v) is 8.61. The van der Waals surface area contributed by atoms with Gasteiger partial charge in [0.1, 0.15) is 24.4 Å². The number of allylic oxidation sites excluding steroid dienone is 1. The van der Waals surface area contributed by atoms with Crippen LogP contribution in [0.3, 0.4) is 0 Å². The minimum atomic E-state index is -2.48. The van der Waals surface area contributed by atoms with E-state index in [2.05, 4.69) is 6.58 Å². The van der Waals surface area contributed by atoms with Crippen molar-refractivity contribution < 1.29 is 48.7 Å². The highest BCUT2D eigenvalue weighted by Gasteiger charge is 2.78. The Bertz CT molecular complexity index is 1520. The average Bonchev–Trinajstić information content (AvgIpc) is 3.02. The van der Waals surface area contributed by atoms with Crippen LogP contribution in [0.25, 0.3) is 0 Å². The Labute approximate surface area is 268 Å². The number of rotatable bonds is 6. The molecular formula is C36H42O10. The molecule has 10 heteroatoms. The number of hydrogen-bond acceptors (Lipinski definition) is 10. The molecule has 3 aliphatic rings. The molecule has 0 spiro atoms. The number of Topliss-reactive ketones (excluding diaryl/α,β-unsaturated/α-hetero) is 1. The van der Waals surface area contributed by atoms with Gasteiger partial charge in [-0.2, -0.15) is 0 Å². The van der Waals surface area contributed by atoms with E-state index in [0.717, 1.165) is 6.92 Å². The maximum atomic E-state index is 14.5. The molecule has 0 aliphatic heterocycles. The lowest BCUT2D eigenvalue weighted by molar-refractivity contribution is -0.312. The molecule has 46 heavy (non-hydrogen) atoms. The second-order valence-electron chi connectivity index (χ2n) is 14.0. The van der Waals surface area contributed by atoms with E-state index >= 15 is 0 Å². The molecule has 0 saturated heterocycles. The number of hydrogen-bond donors (Lipinski definition) is 3. The Morgan fingerprint density at radius 1 is 0.870 bits per heavy atom. The van der Waals surface area contributed by atoms with E-state index in [0.29, 0.717) is 0 Å². The van der Waals surface area contributed by atoms with Crippen LogP contribution in [0.1, 0.15) is 68.2 Å². The number of ketones is 1. The number of fused-ring (bicyclic) bond motifs is 3. The molecule has 0 aromatic heterocycles. The fraction of sp³-hybridized carbons (Fsp3) is 0.500. The first-order chi connectivity index (χ1) is 21.5. The number of ether oxygens (including phenoxy) is 3. The number of aliphatic hydroxyl groups is 3. The molecule has 10 atom stereocenters. The molecule has 2 aromatic rings. The molecule has 2 aromatic carbocycles. The number of carbonyl (C=O) groups excluding carboxylic acids is 4. The van der Waals surface area contributed by atoms with Gasteiger partial charge in [-0.3, -0.25) is 9.59 Å². The van der Waals surface area contributed by atoms with Crippen molar-refractivity contribution >= 4 is 23.7 Å². The van der Waals surface area contributed by atoms with Crippen LogP contribution in [0.2, 0.25) is 0 Å². The van der Waals surface area contributed by atoms with Crippen molar-refractivity contribution in [1.82, 2.24) is 0 Å². The standard InChI is InChI=1S/C36H42O10/c1-7-34(5)19-23(45-30(40)21-14-10-8-11-15-21)27-35(6)24(18-25(44-20(2)37)36(27,43)32(34)42)33(3,4)28(39)26(38)29(35)46-31(41)22-16-12-9-13-17-22/h7-17,23-29,38-39,43H,1,18-19H2,2-6H3/t23-,24+,25-,26+,27-,28-,29+,34+,35+,36+/m1/s1. The number of carbonyl (C=O) groups is 4. The molecule has 0 unspecified atom stereocenters. The summed E-state index contributed by atoms with van der Waals surface area (Å²) >= 11 is 0. The summed E-state index contributed by atoms with van der Waals surface area (Å²) in [5.74, 6) is -5.08. The highest BCUT2D eigenvalue weighted by Crippen LogP contribution is 2.67. The molecule has 0 bridgehead atoms. The van der Waals surface area contributed by atoms with Crippen LogP contribution in [0.4, 0.5) is 0 Å². The van der Waals surface area contributed by atoms with Crippen LogP contribution >= 0.6 is 0 Å². The predicted octanol–water partition coefficient (Wildman–Crippen LogP) is 3.67. The van der Waals surface area contributed by atoms with E-state index in [-0.39, 0.29) is 24.0 Å². The first-order valence-corrected chi connectivity index (χ1v) is 15.5. The maximum Gasteiger partial charge on any atom is 0.338 e. The second-order valence-corrected chi connectivity index (χ2v) is 14.0. The summed E-state index contributed by atoms with van der Waals surface area (Å²) in [6.45, 7) is 11.7. The maximum absolute atomic E-state index is 14.5. The molecule has 5 rings (SSSR count). The number of esters is 3. The molecule has 246 valence electrons. The van der Waals surface area contributed by atoms with Gasteiger partial charge in [0.2, 0.25) is 0 Å². The molecular weight excluding hydrogens is 592 g/mol. The summed E-state index contributed by atoms with van der Waals surface area (Å²) in [5, 5.41) is 36.0. The monoisotopic (exact) mass is 634 g/mol. The first-order valence-electron chi connectivity index (χ1n) is 15.5. The fourth-order valence-electron chi connectivity index (χ4n) is 8.61. The van der Waals surface area contributed by atoms with E-state index in [9.17, 15) is 34.5 Å². The largest absolute Gasteiger partial charge is 0.459 e. The second kappa shape index (κ2) is 11.7. The van der Waals surface area contributed by atoms with Crippen molar-refractivity contribution in [2.24, 2.45) is 28.1 Å². The van der Waals surface area contributed by atoms with E-state index in [1.165, 1.54) is 18.2 Å². The van der Waals surface area contributed by atoms with Crippen molar-refractivity contribution in [2.45, 2.75) is 83.6 Å². The highest BCUT2D eigenvalue weighted by molar-refractivity contribution is 5.97. The zero-order valence-corrected chi connectivity index (χ0v) is 26.7. The third-order valence-corrected chi connectivity index (χ3v) is 10.9. The molecule has 3 aliphatic carbocycles. The number of aliphatic hydroxyl groups excluding tert-OH is 2. The summed E-state index contributed by atoms with van der Waals surface area (Å²) < 4.78 is 17.9. The van der Waals surface area contributed by atoms with Crippen LogP contribution in [-0.4, -0.2) is 75.1 Å². The van der Waals surface area contributed by atoms with Crippen molar-refractivity contribution in [3.63, 3.8) is 0 Å². The van der Waals surface area contributed by atoms with Gasteiger partial charge >= 0.3 is 17.9 Å². The Balaban J connectivity index is 1.74. The van der Waals surface area contributed by atoms with Gasteiger partial charge in [-0.05, 0) is 48.9 Å². The third-order valence-electron chi connectivity index (χ3n) is 10.9. The van der Waals surface area contributed by atoms with Gasteiger partial charge in [-0.1, -0.05) is 63.2 Å². The van der Waals surface area contributed by atoms with Crippen LogP contribution in [0.15, 0.2) is 73.3 Å². The molecule has 3 saturated carbocycles. The van der Waals surface area contributed by atoms with Crippen LogP contribution in [0, 0.1) is 28.1 Å². The van der Waals surface area contributed by atoms with Crippen LogP contribution in [0.5, 0.6) is 0 Å². The van der Waals surface area contributed by atoms with Crippen molar-refractivity contribution in [1.29, 1.82) is 0 Å². The summed E-state index contributed by atoms with van der Waals surface area (Å²) in [6.07, 6.45) is -6.07.